The molecule has 1 aliphatic heterocycles. The summed E-state index contributed by atoms with van der Waals surface area (Å²) in [6.45, 7) is 8.55. The standard InChI is InChI=1S/C15H28N2O3S/c1-11(20-7-5-15(2,3)21)4-6-17-14(19)13-9-16-8-12(13)10-18/h10-13,16,21H,4-9H2,1-3H3,(H,17,19). The fourth-order valence-corrected chi connectivity index (χ4v) is 2.34. The maximum absolute atomic E-state index is 12.0. The van der Waals surface area contributed by atoms with Crippen LogP contribution in [0.1, 0.15) is 33.6 Å². The van der Waals surface area contributed by atoms with E-state index in [1.807, 2.05) is 6.92 Å². The molecule has 1 heterocycles. The number of carbonyl (C=O) groups is 2. The molecule has 1 fully saturated rings. The van der Waals surface area contributed by atoms with Gasteiger partial charge in [0.15, 0.2) is 0 Å². The molecule has 1 saturated heterocycles. The molecular weight excluding hydrogens is 288 g/mol. The van der Waals surface area contributed by atoms with Crippen LogP contribution in [0.4, 0.5) is 0 Å². The fraction of sp³-hybridized carbons (Fsp3) is 0.867. The topological polar surface area (TPSA) is 67.4 Å². The number of nitrogens with one attached hydrogen (secondary N) is 2. The molecular formula is C15H28N2O3S. The number of aldehydes is 1. The van der Waals surface area contributed by atoms with Crippen molar-refractivity contribution in [1.29, 1.82) is 0 Å². The predicted octanol–water partition coefficient (Wildman–Crippen LogP) is 1.03. The van der Waals surface area contributed by atoms with Crippen molar-refractivity contribution in [2.24, 2.45) is 11.8 Å². The van der Waals surface area contributed by atoms with Crippen molar-refractivity contribution < 1.29 is 14.3 Å². The zero-order valence-corrected chi connectivity index (χ0v) is 14.1. The van der Waals surface area contributed by atoms with Crippen LogP contribution in [0.15, 0.2) is 0 Å². The summed E-state index contributed by atoms with van der Waals surface area (Å²) >= 11 is 4.45. The summed E-state index contributed by atoms with van der Waals surface area (Å²) < 4.78 is 5.68. The highest BCUT2D eigenvalue weighted by atomic mass is 32.1. The maximum Gasteiger partial charge on any atom is 0.225 e. The Labute approximate surface area is 133 Å². The lowest BCUT2D eigenvalue weighted by Crippen LogP contribution is -2.36. The van der Waals surface area contributed by atoms with Crippen molar-refractivity contribution in [2.45, 2.75) is 44.5 Å². The van der Waals surface area contributed by atoms with Crippen molar-refractivity contribution >= 4 is 24.8 Å². The largest absolute Gasteiger partial charge is 0.378 e. The molecule has 6 heteroatoms. The van der Waals surface area contributed by atoms with E-state index in [-0.39, 0.29) is 28.6 Å². The molecule has 0 saturated carbocycles. The van der Waals surface area contributed by atoms with E-state index in [1.54, 1.807) is 0 Å². The molecule has 1 aliphatic rings. The zero-order valence-electron chi connectivity index (χ0n) is 13.2. The van der Waals surface area contributed by atoms with Gasteiger partial charge >= 0.3 is 0 Å². The van der Waals surface area contributed by atoms with E-state index in [0.29, 0.717) is 26.2 Å². The summed E-state index contributed by atoms with van der Waals surface area (Å²) in [6, 6.07) is 0. The minimum atomic E-state index is -0.233. The van der Waals surface area contributed by atoms with Crippen LogP contribution in [0.2, 0.25) is 0 Å². The monoisotopic (exact) mass is 316 g/mol. The fourth-order valence-electron chi connectivity index (χ4n) is 2.25. The van der Waals surface area contributed by atoms with Gasteiger partial charge in [-0.05, 0) is 19.8 Å². The number of thiol groups is 1. The average molecular weight is 316 g/mol. The van der Waals surface area contributed by atoms with Crippen molar-refractivity contribution in [1.82, 2.24) is 10.6 Å². The third-order valence-electron chi connectivity index (χ3n) is 3.74. The normalized spacial score (nSPS) is 23.8. The van der Waals surface area contributed by atoms with Crippen molar-refractivity contribution in [3.8, 4) is 0 Å². The Bertz CT molecular complexity index is 344. The molecule has 122 valence electrons. The first-order valence-electron chi connectivity index (χ1n) is 7.61. The Hall–Kier alpha value is -0.590. The molecule has 0 aliphatic carbocycles. The average Bonchev–Trinajstić information content (AvgIpc) is 2.85. The minimum Gasteiger partial charge on any atom is -0.378 e. The highest BCUT2D eigenvalue weighted by Gasteiger charge is 2.32. The van der Waals surface area contributed by atoms with E-state index in [0.717, 1.165) is 19.1 Å². The van der Waals surface area contributed by atoms with Crippen LogP contribution in [-0.2, 0) is 14.3 Å². The Balaban J connectivity index is 2.15. The van der Waals surface area contributed by atoms with Gasteiger partial charge in [0.1, 0.15) is 6.29 Å². The van der Waals surface area contributed by atoms with E-state index in [4.69, 9.17) is 4.74 Å². The lowest BCUT2D eigenvalue weighted by Gasteiger charge is -2.20. The van der Waals surface area contributed by atoms with E-state index in [9.17, 15) is 9.59 Å². The molecule has 0 bridgehead atoms. The van der Waals surface area contributed by atoms with Gasteiger partial charge in [-0.15, -0.1) is 0 Å². The third kappa shape index (κ3) is 7.29. The van der Waals surface area contributed by atoms with Crippen LogP contribution in [0.25, 0.3) is 0 Å². The molecule has 2 N–H and O–H groups in total. The van der Waals surface area contributed by atoms with Gasteiger partial charge in [-0.25, -0.2) is 0 Å². The smallest absolute Gasteiger partial charge is 0.225 e. The molecule has 21 heavy (non-hydrogen) atoms. The molecule has 0 spiro atoms. The van der Waals surface area contributed by atoms with Gasteiger partial charge in [-0.3, -0.25) is 4.79 Å². The number of ether oxygens (including phenoxy) is 1. The SMILES string of the molecule is CC(CCNC(=O)C1CNCC1C=O)OCCC(C)(C)S. The molecule has 0 aromatic rings. The third-order valence-corrected chi connectivity index (χ3v) is 3.96. The number of rotatable bonds is 9. The molecule has 3 atom stereocenters. The summed E-state index contributed by atoms with van der Waals surface area (Å²) in [5.74, 6) is -0.471. The predicted molar refractivity (Wildman–Crippen MR) is 86.6 cm³/mol. The number of carbonyl (C=O) groups excluding carboxylic acids is 2. The second kappa shape index (κ2) is 8.76. The highest BCUT2D eigenvalue weighted by molar-refractivity contribution is 7.81. The highest BCUT2D eigenvalue weighted by Crippen LogP contribution is 2.17. The van der Waals surface area contributed by atoms with Crippen LogP contribution < -0.4 is 10.6 Å². The van der Waals surface area contributed by atoms with Gasteiger partial charge < -0.3 is 20.2 Å². The summed E-state index contributed by atoms with van der Waals surface area (Å²) in [6.07, 6.45) is 2.63. The molecule has 0 radical (unpaired) electrons. The Morgan fingerprint density at radius 3 is 2.86 bits per heavy atom. The molecule has 3 unspecified atom stereocenters. The first-order chi connectivity index (χ1) is 9.83. The lowest BCUT2D eigenvalue weighted by atomic mass is 9.97. The quantitative estimate of drug-likeness (QED) is 0.439. The first-order valence-corrected chi connectivity index (χ1v) is 8.06. The van der Waals surface area contributed by atoms with E-state index in [2.05, 4.69) is 37.1 Å². The summed E-state index contributed by atoms with van der Waals surface area (Å²) in [5.41, 5.74) is 0. The second-order valence-electron chi connectivity index (χ2n) is 6.39. The number of hydrogen-bond acceptors (Lipinski definition) is 5. The molecule has 0 aromatic carbocycles. The van der Waals surface area contributed by atoms with Gasteiger partial charge in [0.2, 0.25) is 5.91 Å². The van der Waals surface area contributed by atoms with Crippen LogP contribution in [-0.4, -0.2) is 49.3 Å². The summed E-state index contributed by atoms with van der Waals surface area (Å²) in [7, 11) is 0. The number of hydrogen-bond donors (Lipinski definition) is 3. The second-order valence-corrected chi connectivity index (χ2v) is 7.60. The minimum absolute atomic E-state index is 0.0206. The van der Waals surface area contributed by atoms with Crippen molar-refractivity contribution in [3.05, 3.63) is 0 Å². The Morgan fingerprint density at radius 2 is 2.24 bits per heavy atom. The first kappa shape index (κ1) is 18.5. The van der Waals surface area contributed by atoms with Gasteiger partial charge in [-0.2, -0.15) is 12.6 Å². The zero-order chi connectivity index (χ0) is 15.9. The van der Waals surface area contributed by atoms with Crippen LogP contribution in [0.5, 0.6) is 0 Å². The molecule has 0 aromatic heterocycles. The lowest BCUT2D eigenvalue weighted by molar-refractivity contribution is -0.128. The van der Waals surface area contributed by atoms with E-state index in [1.165, 1.54) is 0 Å². The van der Waals surface area contributed by atoms with Crippen LogP contribution >= 0.6 is 12.6 Å². The van der Waals surface area contributed by atoms with Gasteiger partial charge in [0, 0.05) is 36.9 Å². The van der Waals surface area contributed by atoms with Gasteiger partial charge in [0.25, 0.3) is 0 Å². The van der Waals surface area contributed by atoms with Crippen molar-refractivity contribution in [2.75, 3.05) is 26.2 Å². The molecule has 1 amide bonds. The van der Waals surface area contributed by atoms with Gasteiger partial charge in [0.05, 0.1) is 12.0 Å². The number of amides is 1. The Morgan fingerprint density at radius 1 is 1.52 bits per heavy atom. The van der Waals surface area contributed by atoms with Crippen molar-refractivity contribution in [3.63, 3.8) is 0 Å². The maximum atomic E-state index is 12.0. The van der Waals surface area contributed by atoms with Crippen LogP contribution in [0.3, 0.4) is 0 Å². The molecule has 1 rings (SSSR count). The summed E-state index contributed by atoms with van der Waals surface area (Å²) in [4.78, 5) is 22.8. The van der Waals surface area contributed by atoms with E-state index >= 15 is 0 Å². The molecule has 5 nitrogen and oxygen atoms in total. The van der Waals surface area contributed by atoms with Gasteiger partial charge in [-0.1, -0.05) is 13.8 Å². The Kier molecular flexibility index (Phi) is 7.70. The van der Waals surface area contributed by atoms with Crippen LogP contribution in [0, 0.1) is 11.8 Å². The summed E-state index contributed by atoms with van der Waals surface area (Å²) in [5, 5.41) is 5.96. The van der Waals surface area contributed by atoms with E-state index < -0.39 is 0 Å².